The Morgan fingerprint density at radius 3 is 2.31 bits per heavy atom. The topological polar surface area (TPSA) is 66.9 Å². The summed E-state index contributed by atoms with van der Waals surface area (Å²) >= 11 is 0. The summed E-state index contributed by atoms with van der Waals surface area (Å²) < 4.78 is 5.59. The molecule has 3 amide bonds. The smallest absolute Gasteiger partial charge is 0.260 e. The number of rotatable bonds is 4. The molecule has 2 unspecified atom stereocenters. The lowest BCUT2D eigenvalue weighted by Crippen LogP contribution is -2.63. The first kappa shape index (κ1) is 16.8. The zero-order chi connectivity index (χ0) is 18.3. The first-order valence-electron chi connectivity index (χ1n) is 9.04. The number of imide groups is 1. The van der Waals surface area contributed by atoms with Gasteiger partial charge in [0.15, 0.2) is 6.61 Å². The zero-order valence-electron chi connectivity index (χ0n) is 14.8. The second-order valence-electron chi connectivity index (χ2n) is 7.21. The predicted molar refractivity (Wildman–Crippen MR) is 94.2 cm³/mol. The van der Waals surface area contributed by atoms with Crippen molar-refractivity contribution in [1.82, 2.24) is 9.80 Å². The summed E-state index contributed by atoms with van der Waals surface area (Å²) in [5, 5.41) is 0. The molecule has 0 spiro atoms. The van der Waals surface area contributed by atoms with Crippen molar-refractivity contribution < 1.29 is 19.1 Å². The number of hydrogen-bond donors (Lipinski definition) is 0. The van der Waals surface area contributed by atoms with E-state index in [0.29, 0.717) is 31.7 Å². The lowest BCUT2D eigenvalue weighted by Gasteiger charge is -2.43. The lowest BCUT2D eigenvalue weighted by atomic mass is 9.85. The van der Waals surface area contributed by atoms with Gasteiger partial charge in [0.1, 0.15) is 5.75 Å². The molecule has 6 nitrogen and oxygen atoms in total. The van der Waals surface area contributed by atoms with E-state index >= 15 is 0 Å². The number of hydrogen-bond acceptors (Lipinski definition) is 4. The third kappa shape index (κ3) is 2.79. The molecule has 2 fully saturated rings. The van der Waals surface area contributed by atoms with E-state index in [1.54, 1.807) is 4.90 Å². The molecule has 0 radical (unpaired) electrons. The van der Waals surface area contributed by atoms with Crippen molar-refractivity contribution in [2.24, 2.45) is 11.8 Å². The molecule has 2 aliphatic heterocycles. The third-order valence-electron chi connectivity index (χ3n) is 5.57. The van der Waals surface area contributed by atoms with Crippen molar-refractivity contribution in [3.05, 3.63) is 42.0 Å². The summed E-state index contributed by atoms with van der Waals surface area (Å²) in [4.78, 5) is 40.4. The molecule has 4 rings (SSSR count). The Morgan fingerprint density at radius 1 is 1.08 bits per heavy atom. The number of carbonyl (C=O) groups is 3. The van der Waals surface area contributed by atoms with E-state index in [1.165, 1.54) is 4.90 Å². The molecule has 136 valence electrons. The molecule has 1 aliphatic carbocycles. The number of amides is 3. The van der Waals surface area contributed by atoms with E-state index in [0.717, 1.165) is 5.56 Å². The summed E-state index contributed by atoms with van der Waals surface area (Å²) in [6, 6.07) is 7.35. The van der Waals surface area contributed by atoms with Gasteiger partial charge in [-0.2, -0.15) is 0 Å². The lowest BCUT2D eigenvalue weighted by molar-refractivity contribution is -0.153. The Kier molecular flexibility index (Phi) is 4.26. The van der Waals surface area contributed by atoms with Crippen LogP contribution in [0.3, 0.4) is 0 Å². The minimum absolute atomic E-state index is 0.0331. The Labute approximate surface area is 152 Å². The van der Waals surface area contributed by atoms with Crippen LogP contribution in [0.25, 0.3) is 0 Å². The first-order chi connectivity index (χ1) is 12.6. The van der Waals surface area contributed by atoms with E-state index in [-0.39, 0.29) is 42.2 Å². The fourth-order valence-electron chi connectivity index (χ4n) is 3.96. The fraction of sp³-hybridized carbons (Fsp3) is 0.450. The quantitative estimate of drug-likeness (QED) is 0.608. The molecule has 6 heteroatoms. The molecule has 0 N–H and O–H groups in total. The van der Waals surface area contributed by atoms with Crippen molar-refractivity contribution in [2.45, 2.75) is 25.8 Å². The molecule has 26 heavy (non-hydrogen) atoms. The maximum atomic E-state index is 12.6. The van der Waals surface area contributed by atoms with E-state index in [9.17, 15) is 14.4 Å². The van der Waals surface area contributed by atoms with Gasteiger partial charge in [-0.3, -0.25) is 19.3 Å². The second kappa shape index (κ2) is 6.59. The maximum Gasteiger partial charge on any atom is 0.260 e. The number of nitrogens with zero attached hydrogens (tertiary/aromatic N) is 2. The van der Waals surface area contributed by atoms with E-state index in [2.05, 4.69) is 0 Å². The molecule has 0 bridgehead atoms. The van der Waals surface area contributed by atoms with Gasteiger partial charge in [-0.1, -0.05) is 30.4 Å². The largest absolute Gasteiger partial charge is 0.484 e. The number of benzene rings is 1. The number of ether oxygens (including phenoxy) is 1. The van der Waals surface area contributed by atoms with Crippen LogP contribution in [0.2, 0.25) is 0 Å². The molecule has 0 aromatic heterocycles. The molecular formula is C20H22N2O4. The summed E-state index contributed by atoms with van der Waals surface area (Å²) in [6.45, 7) is 2.70. The first-order valence-corrected chi connectivity index (χ1v) is 9.04. The molecule has 3 aliphatic rings. The highest BCUT2D eigenvalue weighted by Gasteiger charge is 2.52. The van der Waals surface area contributed by atoms with Crippen LogP contribution in [0.4, 0.5) is 0 Å². The highest BCUT2D eigenvalue weighted by molar-refractivity contribution is 6.06. The van der Waals surface area contributed by atoms with Gasteiger partial charge in [0.05, 0.1) is 17.9 Å². The van der Waals surface area contributed by atoms with Gasteiger partial charge in [-0.15, -0.1) is 0 Å². The number of allylic oxidation sites excluding steroid dienone is 2. The maximum absolute atomic E-state index is 12.6. The van der Waals surface area contributed by atoms with Crippen LogP contribution in [0.5, 0.6) is 5.75 Å². The molecule has 2 saturated heterocycles. The van der Waals surface area contributed by atoms with Crippen LogP contribution in [0.1, 0.15) is 18.4 Å². The van der Waals surface area contributed by atoms with Crippen molar-refractivity contribution in [3.63, 3.8) is 0 Å². The van der Waals surface area contributed by atoms with Crippen molar-refractivity contribution in [1.29, 1.82) is 0 Å². The van der Waals surface area contributed by atoms with Crippen LogP contribution >= 0.6 is 0 Å². The Hall–Kier alpha value is -2.63. The monoisotopic (exact) mass is 354 g/mol. The molecule has 2 atom stereocenters. The van der Waals surface area contributed by atoms with Gasteiger partial charge < -0.3 is 9.64 Å². The predicted octanol–water partition coefficient (Wildman–Crippen LogP) is 1.54. The average molecular weight is 354 g/mol. The number of aryl methyl sites for hydroxylation is 1. The van der Waals surface area contributed by atoms with Gasteiger partial charge in [0, 0.05) is 13.1 Å². The Balaban J connectivity index is 1.31. The van der Waals surface area contributed by atoms with Gasteiger partial charge in [0.2, 0.25) is 11.8 Å². The number of para-hydroxylation sites is 1. The average Bonchev–Trinajstić information content (AvgIpc) is 2.85. The molecule has 1 aromatic rings. The number of fused-ring (bicyclic) bond motifs is 1. The van der Waals surface area contributed by atoms with Gasteiger partial charge in [0.25, 0.3) is 5.91 Å². The minimum atomic E-state index is -0.207. The van der Waals surface area contributed by atoms with E-state index in [4.69, 9.17) is 4.74 Å². The third-order valence-corrected chi connectivity index (χ3v) is 5.57. The minimum Gasteiger partial charge on any atom is -0.484 e. The van der Waals surface area contributed by atoms with Crippen LogP contribution in [0.15, 0.2) is 36.4 Å². The zero-order valence-corrected chi connectivity index (χ0v) is 14.8. The number of likely N-dealkylation sites (tertiary alicyclic amines) is 2. The van der Waals surface area contributed by atoms with Gasteiger partial charge in [-0.05, 0) is 31.4 Å². The number of carbonyl (C=O) groups excluding carboxylic acids is 3. The van der Waals surface area contributed by atoms with E-state index in [1.807, 2.05) is 43.3 Å². The highest BCUT2D eigenvalue weighted by atomic mass is 16.5. The van der Waals surface area contributed by atoms with E-state index < -0.39 is 0 Å². The Morgan fingerprint density at radius 2 is 1.69 bits per heavy atom. The molecule has 1 aromatic carbocycles. The molecular weight excluding hydrogens is 332 g/mol. The van der Waals surface area contributed by atoms with Crippen molar-refractivity contribution in [2.75, 3.05) is 19.7 Å². The van der Waals surface area contributed by atoms with Gasteiger partial charge in [-0.25, -0.2) is 0 Å². The SMILES string of the molecule is Cc1ccccc1OCC(=O)N1CC(N2C(=O)C3CC=CCC3C2=O)C1. The summed E-state index contributed by atoms with van der Waals surface area (Å²) in [6.07, 6.45) is 5.25. The van der Waals surface area contributed by atoms with Crippen LogP contribution in [-0.2, 0) is 14.4 Å². The highest BCUT2D eigenvalue weighted by Crippen LogP contribution is 2.37. The normalized spacial score (nSPS) is 25.3. The van der Waals surface area contributed by atoms with Crippen LogP contribution in [-0.4, -0.2) is 53.3 Å². The second-order valence-corrected chi connectivity index (χ2v) is 7.21. The summed E-state index contributed by atoms with van der Waals surface area (Å²) in [5.41, 5.74) is 0.978. The summed E-state index contributed by atoms with van der Waals surface area (Å²) in [5.74, 6) is 0.0144. The van der Waals surface area contributed by atoms with Crippen molar-refractivity contribution >= 4 is 17.7 Å². The fourth-order valence-corrected chi connectivity index (χ4v) is 3.96. The van der Waals surface area contributed by atoms with Gasteiger partial charge >= 0.3 is 0 Å². The van der Waals surface area contributed by atoms with Crippen LogP contribution < -0.4 is 4.74 Å². The van der Waals surface area contributed by atoms with Crippen molar-refractivity contribution in [3.8, 4) is 5.75 Å². The molecule has 2 heterocycles. The Bertz CT molecular complexity index is 756. The van der Waals surface area contributed by atoms with Crippen LogP contribution in [0, 0.1) is 18.8 Å². The summed E-state index contributed by atoms with van der Waals surface area (Å²) in [7, 11) is 0. The molecule has 0 saturated carbocycles. The standard InChI is InChI=1S/C20H22N2O4/c1-13-6-2-5-9-17(13)26-12-18(23)21-10-14(11-21)22-19(24)15-7-3-4-8-16(15)20(22)25/h2-6,9,14-16H,7-8,10-12H2,1H3.